The lowest BCUT2D eigenvalue weighted by Crippen LogP contribution is -2.23. The van der Waals surface area contributed by atoms with Gasteiger partial charge in [-0.25, -0.2) is 18.5 Å². The van der Waals surface area contributed by atoms with Crippen LogP contribution in [-0.4, -0.2) is 19.3 Å². The largest absolute Gasteiger partial charge is 0.460 e. The van der Waals surface area contributed by atoms with E-state index < -0.39 is 10.0 Å². The highest BCUT2D eigenvalue weighted by Crippen LogP contribution is 2.26. The topological polar surface area (TPSA) is 115 Å². The Morgan fingerprint density at radius 1 is 1.07 bits per heavy atom. The minimum atomic E-state index is -3.75. The van der Waals surface area contributed by atoms with Gasteiger partial charge in [-0.3, -0.25) is 4.79 Å². The molecule has 0 aliphatic heterocycles. The zero-order valence-electron chi connectivity index (χ0n) is 16.1. The van der Waals surface area contributed by atoms with Crippen LogP contribution in [0.5, 0.6) is 0 Å². The molecule has 8 heteroatoms. The number of aryl methyl sites for hydroxylation is 1. The lowest BCUT2D eigenvalue weighted by atomic mass is 10.1. The van der Waals surface area contributed by atoms with Crippen LogP contribution in [0.4, 0.5) is 0 Å². The van der Waals surface area contributed by atoms with Gasteiger partial charge in [0.2, 0.25) is 10.0 Å². The number of nitrogens with zero attached hydrogens (tertiary/aromatic N) is 1. The number of carbonyl (C=O) groups excluding carboxylic acids is 1. The molecule has 0 saturated carbocycles. The van der Waals surface area contributed by atoms with E-state index in [0.717, 1.165) is 16.7 Å². The van der Waals surface area contributed by atoms with E-state index in [9.17, 15) is 13.2 Å². The molecule has 152 valence electrons. The lowest BCUT2D eigenvalue weighted by molar-refractivity contribution is 0.0952. The van der Waals surface area contributed by atoms with Crippen LogP contribution in [0.2, 0.25) is 0 Å². The molecule has 0 spiro atoms. The van der Waals surface area contributed by atoms with Gasteiger partial charge >= 0.3 is 0 Å². The first-order valence-corrected chi connectivity index (χ1v) is 10.7. The van der Waals surface area contributed by atoms with Crippen molar-refractivity contribution in [1.29, 1.82) is 0 Å². The molecular formula is C22H19N3O4S. The van der Waals surface area contributed by atoms with Gasteiger partial charge in [-0.1, -0.05) is 30.3 Å². The van der Waals surface area contributed by atoms with Crippen molar-refractivity contribution in [3.8, 4) is 11.5 Å². The number of nitrogens with one attached hydrogen (secondary N) is 1. The molecule has 2 heterocycles. The van der Waals surface area contributed by atoms with Crippen molar-refractivity contribution in [3.63, 3.8) is 0 Å². The Balaban J connectivity index is 1.62. The van der Waals surface area contributed by atoms with Crippen LogP contribution in [0.25, 0.3) is 22.4 Å². The lowest BCUT2D eigenvalue weighted by Gasteiger charge is -2.10. The molecular weight excluding hydrogens is 402 g/mol. The van der Waals surface area contributed by atoms with Crippen molar-refractivity contribution >= 4 is 26.8 Å². The summed E-state index contributed by atoms with van der Waals surface area (Å²) in [5.41, 5.74) is 2.48. The van der Waals surface area contributed by atoms with Crippen LogP contribution in [0.1, 0.15) is 21.7 Å². The molecule has 7 nitrogen and oxygen atoms in total. The van der Waals surface area contributed by atoms with Gasteiger partial charge in [0.1, 0.15) is 11.5 Å². The maximum Gasteiger partial charge on any atom is 0.252 e. The van der Waals surface area contributed by atoms with E-state index in [1.807, 2.05) is 43.3 Å². The number of carbonyl (C=O) groups is 1. The van der Waals surface area contributed by atoms with E-state index in [1.54, 1.807) is 18.2 Å². The highest BCUT2D eigenvalue weighted by atomic mass is 32.2. The molecule has 0 atom stereocenters. The minimum Gasteiger partial charge on any atom is -0.460 e. The normalized spacial score (nSPS) is 11.5. The van der Waals surface area contributed by atoms with Crippen molar-refractivity contribution in [2.75, 3.05) is 0 Å². The Morgan fingerprint density at radius 3 is 2.47 bits per heavy atom. The van der Waals surface area contributed by atoms with Crippen molar-refractivity contribution in [2.45, 2.75) is 18.4 Å². The van der Waals surface area contributed by atoms with Gasteiger partial charge in [-0.2, -0.15) is 0 Å². The molecule has 0 radical (unpaired) electrons. The Bertz CT molecular complexity index is 1340. The third-order valence-electron chi connectivity index (χ3n) is 4.66. The van der Waals surface area contributed by atoms with E-state index >= 15 is 0 Å². The second-order valence-corrected chi connectivity index (χ2v) is 8.42. The van der Waals surface area contributed by atoms with Crippen molar-refractivity contribution < 1.29 is 17.6 Å². The summed E-state index contributed by atoms with van der Waals surface area (Å²) in [6.45, 7) is 2.08. The molecule has 30 heavy (non-hydrogen) atoms. The Hall–Kier alpha value is -3.49. The fraction of sp³-hybridized carbons (Fsp3) is 0.0909. The standard InChI is InChI=1S/C22H19N3O4S/c1-14-6-11-21(29-14)20-12-18(17-4-2-3-5-19(17)25-20)22(26)24-13-15-7-9-16(10-8-15)30(23,27)28/h2-12H,13H2,1H3,(H,24,26)(H2,23,27,28). The Morgan fingerprint density at radius 2 is 1.80 bits per heavy atom. The van der Waals surface area contributed by atoms with Crippen LogP contribution in [0.3, 0.4) is 0 Å². The number of hydrogen-bond donors (Lipinski definition) is 2. The van der Waals surface area contributed by atoms with Crippen LogP contribution in [-0.2, 0) is 16.6 Å². The average molecular weight is 421 g/mol. The summed E-state index contributed by atoms with van der Waals surface area (Å²) in [6.07, 6.45) is 0. The molecule has 3 N–H and O–H groups in total. The molecule has 0 unspecified atom stereocenters. The number of fused-ring (bicyclic) bond motifs is 1. The van der Waals surface area contributed by atoms with Crippen LogP contribution in [0, 0.1) is 6.92 Å². The molecule has 4 rings (SSSR count). The molecule has 0 aliphatic rings. The summed E-state index contributed by atoms with van der Waals surface area (Å²) in [4.78, 5) is 17.6. The van der Waals surface area contributed by atoms with Crippen LogP contribution in [0.15, 0.2) is 76.0 Å². The van der Waals surface area contributed by atoms with Crippen molar-refractivity contribution in [1.82, 2.24) is 10.3 Å². The SMILES string of the molecule is Cc1ccc(-c2cc(C(=O)NCc3ccc(S(N)(=O)=O)cc3)c3ccccc3n2)o1. The molecule has 2 aromatic heterocycles. The monoisotopic (exact) mass is 421 g/mol. The van der Waals surface area contributed by atoms with E-state index in [-0.39, 0.29) is 17.3 Å². The molecule has 0 saturated heterocycles. The predicted molar refractivity (Wildman–Crippen MR) is 113 cm³/mol. The number of furan rings is 1. The van der Waals surface area contributed by atoms with Gasteiger partial charge in [-0.15, -0.1) is 0 Å². The number of rotatable bonds is 5. The Labute approximate surface area is 173 Å². The molecule has 0 aliphatic carbocycles. The molecule has 4 aromatic rings. The second-order valence-electron chi connectivity index (χ2n) is 6.85. The average Bonchev–Trinajstić information content (AvgIpc) is 3.17. The van der Waals surface area contributed by atoms with Gasteiger partial charge in [0.15, 0.2) is 5.76 Å². The highest BCUT2D eigenvalue weighted by Gasteiger charge is 2.15. The Kier molecular flexibility index (Phi) is 5.11. The number of pyridine rings is 1. The van der Waals surface area contributed by atoms with Crippen LogP contribution < -0.4 is 10.5 Å². The number of sulfonamides is 1. The smallest absolute Gasteiger partial charge is 0.252 e. The van der Waals surface area contributed by atoms with Crippen molar-refractivity contribution in [3.05, 3.63) is 83.6 Å². The first kappa shape index (κ1) is 19.8. The summed E-state index contributed by atoms with van der Waals surface area (Å²) in [6, 6.07) is 18.8. The first-order valence-electron chi connectivity index (χ1n) is 9.18. The maximum absolute atomic E-state index is 13.0. The number of amides is 1. The number of primary sulfonamides is 1. The zero-order chi connectivity index (χ0) is 21.3. The number of para-hydroxylation sites is 1. The third-order valence-corrected chi connectivity index (χ3v) is 5.59. The quantitative estimate of drug-likeness (QED) is 0.513. The van der Waals surface area contributed by atoms with E-state index in [0.29, 0.717) is 22.5 Å². The summed E-state index contributed by atoms with van der Waals surface area (Å²) in [7, 11) is -3.75. The molecule has 2 aromatic carbocycles. The highest BCUT2D eigenvalue weighted by molar-refractivity contribution is 7.89. The van der Waals surface area contributed by atoms with Gasteiger partial charge in [-0.05, 0) is 48.9 Å². The van der Waals surface area contributed by atoms with E-state index in [1.165, 1.54) is 12.1 Å². The molecule has 1 amide bonds. The zero-order valence-corrected chi connectivity index (χ0v) is 16.9. The fourth-order valence-corrected chi connectivity index (χ4v) is 3.65. The molecule has 0 bridgehead atoms. The number of nitrogens with two attached hydrogens (primary N) is 1. The molecule has 0 fully saturated rings. The van der Waals surface area contributed by atoms with E-state index in [2.05, 4.69) is 10.3 Å². The van der Waals surface area contributed by atoms with Crippen molar-refractivity contribution in [2.24, 2.45) is 5.14 Å². The van der Waals surface area contributed by atoms with Gasteiger partial charge < -0.3 is 9.73 Å². The third kappa shape index (κ3) is 4.10. The first-order chi connectivity index (χ1) is 14.3. The summed E-state index contributed by atoms with van der Waals surface area (Å²) < 4.78 is 28.4. The summed E-state index contributed by atoms with van der Waals surface area (Å²) in [5, 5.41) is 8.71. The fourth-order valence-electron chi connectivity index (χ4n) is 3.14. The minimum absolute atomic E-state index is 0.0242. The summed E-state index contributed by atoms with van der Waals surface area (Å²) >= 11 is 0. The van der Waals surface area contributed by atoms with Gasteiger partial charge in [0.05, 0.1) is 16.0 Å². The predicted octanol–water partition coefficient (Wildman–Crippen LogP) is 3.38. The van der Waals surface area contributed by atoms with E-state index in [4.69, 9.17) is 9.56 Å². The second kappa shape index (κ2) is 7.74. The summed E-state index contributed by atoms with van der Waals surface area (Å²) in [5.74, 6) is 1.08. The maximum atomic E-state index is 13.0. The van der Waals surface area contributed by atoms with Gasteiger partial charge in [0, 0.05) is 11.9 Å². The van der Waals surface area contributed by atoms with Crippen LogP contribution >= 0.6 is 0 Å². The number of hydrogen-bond acceptors (Lipinski definition) is 5. The number of aromatic nitrogens is 1. The van der Waals surface area contributed by atoms with Gasteiger partial charge in [0.25, 0.3) is 5.91 Å². The number of benzene rings is 2.